The molecule has 1 aromatic carbocycles. The van der Waals surface area contributed by atoms with E-state index >= 15 is 0 Å². The number of esters is 1. The van der Waals surface area contributed by atoms with Crippen molar-refractivity contribution in [1.82, 2.24) is 10.2 Å². The molecule has 0 fully saturated rings. The highest BCUT2D eigenvalue weighted by Crippen LogP contribution is 2.31. The number of hydrogen-bond donors (Lipinski definition) is 1. The van der Waals surface area contributed by atoms with Crippen LogP contribution in [0.5, 0.6) is 0 Å². The van der Waals surface area contributed by atoms with Crippen molar-refractivity contribution in [1.29, 1.82) is 0 Å². The quantitative estimate of drug-likeness (QED) is 0.167. The molecular formula is C17H21N5O7S3. The molecule has 1 atom stereocenters. The summed E-state index contributed by atoms with van der Waals surface area (Å²) in [4.78, 5) is 34.7. The van der Waals surface area contributed by atoms with E-state index in [0.717, 1.165) is 39.7 Å². The molecule has 0 saturated carbocycles. The number of non-ortho nitro benzene ring substituents is 1. The average molecular weight is 504 g/mol. The zero-order valence-corrected chi connectivity index (χ0v) is 20.0. The van der Waals surface area contributed by atoms with E-state index in [4.69, 9.17) is 0 Å². The minimum absolute atomic E-state index is 0.0184. The van der Waals surface area contributed by atoms with Gasteiger partial charge in [-0.1, -0.05) is 36.1 Å². The van der Waals surface area contributed by atoms with Gasteiger partial charge in [-0.05, 0) is 18.9 Å². The third kappa shape index (κ3) is 6.37. The van der Waals surface area contributed by atoms with Crippen molar-refractivity contribution < 1.29 is 27.7 Å². The minimum atomic E-state index is -3.99. The number of nitrogens with zero attached hydrogens (tertiary/aromatic N) is 4. The zero-order valence-electron chi connectivity index (χ0n) is 17.6. The number of methoxy groups -OCH3 is 1. The van der Waals surface area contributed by atoms with Gasteiger partial charge in [-0.2, -0.15) is 0 Å². The summed E-state index contributed by atoms with van der Waals surface area (Å²) in [7, 11) is -2.73. The molecule has 0 spiro atoms. The van der Waals surface area contributed by atoms with Crippen LogP contribution in [0.2, 0.25) is 0 Å². The highest BCUT2D eigenvalue weighted by Gasteiger charge is 2.33. The molecule has 174 valence electrons. The molecule has 0 aliphatic carbocycles. The number of nitro benzene ring substituents is 1. The maximum atomic E-state index is 13.0. The van der Waals surface area contributed by atoms with Crippen molar-refractivity contribution >= 4 is 61.5 Å². The van der Waals surface area contributed by atoms with Gasteiger partial charge in [-0.3, -0.25) is 29.3 Å². The number of ether oxygens (including phenoxy) is 1. The SMILES string of the molecule is CC[C@@H](C(=O)Nc1nnc(SCC(=O)OC)s1)N(c1cc([N+](=O)[O-])ccc1C)S(C)(=O)=O. The van der Waals surface area contributed by atoms with E-state index < -0.39 is 32.9 Å². The molecule has 1 heterocycles. The summed E-state index contributed by atoms with van der Waals surface area (Å²) in [5.41, 5.74) is 0.186. The lowest BCUT2D eigenvalue weighted by molar-refractivity contribution is -0.384. The molecule has 1 N–H and O–H groups in total. The Hall–Kier alpha value is -2.78. The highest BCUT2D eigenvalue weighted by molar-refractivity contribution is 8.01. The van der Waals surface area contributed by atoms with Crippen molar-refractivity contribution in [2.75, 3.05) is 28.7 Å². The number of rotatable bonds is 10. The Morgan fingerprint density at radius 2 is 2.06 bits per heavy atom. The maximum Gasteiger partial charge on any atom is 0.316 e. The van der Waals surface area contributed by atoms with Crippen molar-refractivity contribution in [2.24, 2.45) is 0 Å². The van der Waals surface area contributed by atoms with Crippen molar-refractivity contribution in [2.45, 2.75) is 30.6 Å². The van der Waals surface area contributed by atoms with Gasteiger partial charge in [0.2, 0.25) is 21.1 Å². The fraction of sp³-hybridized carbons (Fsp3) is 0.412. The number of aromatic nitrogens is 2. The van der Waals surface area contributed by atoms with E-state index in [0.29, 0.717) is 9.90 Å². The number of amides is 1. The lowest BCUT2D eigenvalue weighted by Gasteiger charge is -2.30. The number of anilines is 2. The molecule has 12 nitrogen and oxygen atoms in total. The molecule has 32 heavy (non-hydrogen) atoms. The maximum absolute atomic E-state index is 13.0. The second-order valence-corrected chi connectivity index (χ2v) is 10.5. The predicted molar refractivity (Wildman–Crippen MR) is 121 cm³/mol. The van der Waals surface area contributed by atoms with Crippen LogP contribution in [-0.4, -0.2) is 60.6 Å². The Bertz CT molecular complexity index is 1120. The summed E-state index contributed by atoms with van der Waals surface area (Å²) < 4.78 is 31.0. The third-order valence-electron chi connectivity index (χ3n) is 4.15. The Morgan fingerprint density at radius 3 is 2.62 bits per heavy atom. The summed E-state index contributed by atoms with van der Waals surface area (Å²) in [6, 6.07) is 2.61. The molecule has 1 amide bonds. The van der Waals surface area contributed by atoms with Crippen LogP contribution in [0.15, 0.2) is 22.5 Å². The summed E-state index contributed by atoms with van der Waals surface area (Å²) >= 11 is 2.09. The van der Waals surface area contributed by atoms with Gasteiger partial charge in [0.05, 0.1) is 29.7 Å². The fourth-order valence-electron chi connectivity index (χ4n) is 2.67. The van der Waals surface area contributed by atoms with Crippen molar-refractivity contribution in [3.63, 3.8) is 0 Å². The Kier molecular flexibility index (Phi) is 8.51. The highest BCUT2D eigenvalue weighted by atomic mass is 32.2. The molecule has 0 saturated heterocycles. The first-order valence-electron chi connectivity index (χ1n) is 9.06. The van der Waals surface area contributed by atoms with Gasteiger partial charge in [-0.25, -0.2) is 8.42 Å². The largest absolute Gasteiger partial charge is 0.468 e. The number of nitro groups is 1. The molecule has 0 aliphatic rings. The Labute approximate surface area is 192 Å². The summed E-state index contributed by atoms with van der Waals surface area (Å²) in [5, 5.41) is 21.5. The molecular weight excluding hydrogens is 482 g/mol. The smallest absolute Gasteiger partial charge is 0.316 e. The zero-order chi connectivity index (χ0) is 24.1. The third-order valence-corrected chi connectivity index (χ3v) is 7.26. The number of carbonyl (C=O) groups is 2. The van der Waals surface area contributed by atoms with Crippen LogP contribution in [0.3, 0.4) is 0 Å². The van der Waals surface area contributed by atoms with Crippen LogP contribution >= 0.6 is 23.1 Å². The lowest BCUT2D eigenvalue weighted by Crippen LogP contribution is -2.47. The number of thioether (sulfide) groups is 1. The first-order chi connectivity index (χ1) is 15.0. The molecule has 0 aliphatic heterocycles. The summed E-state index contributed by atoms with van der Waals surface area (Å²) in [5.74, 6) is -1.10. The number of benzene rings is 1. The second kappa shape index (κ2) is 10.7. The van der Waals surface area contributed by atoms with Crippen LogP contribution in [0, 0.1) is 17.0 Å². The van der Waals surface area contributed by atoms with Gasteiger partial charge < -0.3 is 4.74 Å². The van der Waals surface area contributed by atoms with Crippen LogP contribution in [0.1, 0.15) is 18.9 Å². The average Bonchev–Trinajstić information content (AvgIpc) is 3.16. The van der Waals surface area contributed by atoms with Crippen molar-refractivity contribution in [3.05, 3.63) is 33.9 Å². The standard InChI is InChI=1S/C17H21N5O7S3/c1-5-12(15(24)18-16-19-20-17(31-16)30-9-14(23)29-3)21(32(4,27)28)13-8-11(22(25)26)7-6-10(13)2/h6-8,12H,5,9H2,1-4H3,(H,18,19,24)/t12-/m0/s1. The fourth-order valence-corrected chi connectivity index (χ4v) is 5.52. The minimum Gasteiger partial charge on any atom is -0.468 e. The molecule has 0 radical (unpaired) electrons. The van der Waals surface area contributed by atoms with E-state index in [1.54, 1.807) is 13.8 Å². The number of nitrogens with one attached hydrogen (secondary N) is 1. The topological polar surface area (TPSA) is 162 Å². The molecule has 2 rings (SSSR count). The van der Waals surface area contributed by atoms with Crippen LogP contribution in [0.25, 0.3) is 0 Å². The van der Waals surface area contributed by atoms with E-state index in [-0.39, 0.29) is 28.7 Å². The summed E-state index contributed by atoms with van der Waals surface area (Å²) in [6.07, 6.45) is 1.01. The number of sulfonamides is 1. The summed E-state index contributed by atoms with van der Waals surface area (Å²) in [6.45, 7) is 3.21. The Balaban J connectivity index is 2.32. The van der Waals surface area contributed by atoms with E-state index in [9.17, 15) is 28.1 Å². The van der Waals surface area contributed by atoms with Gasteiger partial charge in [-0.15, -0.1) is 10.2 Å². The molecule has 1 aromatic heterocycles. The van der Waals surface area contributed by atoms with Gasteiger partial charge >= 0.3 is 5.97 Å². The van der Waals surface area contributed by atoms with Gasteiger partial charge in [0.25, 0.3) is 5.69 Å². The van der Waals surface area contributed by atoms with E-state index in [1.807, 2.05) is 0 Å². The van der Waals surface area contributed by atoms with Crippen LogP contribution < -0.4 is 9.62 Å². The van der Waals surface area contributed by atoms with Crippen molar-refractivity contribution in [3.8, 4) is 0 Å². The predicted octanol–water partition coefficient (Wildman–Crippen LogP) is 2.20. The molecule has 2 aromatic rings. The van der Waals surface area contributed by atoms with E-state index in [2.05, 4.69) is 20.3 Å². The van der Waals surface area contributed by atoms with Gasteiger partial charge in [0.15, 0.2) is 4.34 Å². The number of carbonyl (C=O) groups excluding carboxylic acids is 2. The molecule has 0 bridgehead atoms. The number of hydrogen-bond acceptors (Lipinski definition) is 11. The van der Waals surface area contributed by atoms with E-state index in [1.165, 1.54) is 19.2 Å². The normalized spacial score (nSPS) is 12.1. The monoisotopic (exact) mass is 503 g/mol. The second-order valence-electron chi connectivity index (χ2n) is 6.44. The number of aryl methyl sites for hydroxylation is 1. The molecule has 15 heteroatoms. The first kappa shape index (κ1) is 25.5. The molecule has 0 unspecified atom stereocenters. The van der Waals surface area contributed by atoms with Crippen LogP contribution in [-0.2, 0) is 24.3 Å². The Morgan fingerprint density at radius 1 is 1.38 bits per heavy atom. The van der Waals surface area contributed by atoms with Crippen LogP contribution in [0.4, 0.5) is 16.5 Å². The van der Waals surface area contributed by atoms with Gasteiger partial charge in [0.1, 0.15) is 6.04 Å². The first-order valence-corrected chi connectivity index (χ1v) is 12.7. The lowest BCUT2D eigenvalue weighted by atomic mass is 10.1. The van der Waals surface area contributed by atoms with Gasteiger partial charge in [0, 0.05) is 12.1 Å².